The van der Waals surface area contributed by atoms with Crippen molar-refractivity contribution in [1.29, 1.82) is 0 Å². The van der Waals surface area contributed by atoms with E-state index in [4.69, 9.17) is 4.98 Å². The van der Waals surface area contributed by atoms with Crippen LogP contribution in [0.25, 0.3) is 10.9 Å². The Morgan fingerprint density at radius 3 is 2.55 bits per heavy atom. The molecular weight excluding hydrogens is 244 g/mol. The molecule has 0 unspecified atom stereocenters. The standard InChI is InChI=1S/C18H18N2/c1-13-11-17(19-2)16-10-6-9-15(18(16)20-13)12-14-7-4-3-5-8-14/h3-11H,12H2,1-2H3,(H,19,20). The van der Waals surface area contributed by atoms with E-state index in [0.29, 0.717) is 0 Å². The second-order valence-electron chi connectivity index (χ2n) is 5.04. The van der Waals surface area contributed by atoms with Crippen molar-refractivity contribution in [3.63, 3.8) is 0 Å². The van der Waals surface area contributed by atoms with Gasteiger partial charge in [-0.05, 0) is 30.5 Å². The van der Waals surface area contributed by atoms with Gasteiger partial charge >= 0.3 is 0 Å². The van der Waals surface area contributed by atoms with Gasteiger partial charge < -0.3 is 5.32 Å². The number of nitrogens with one attached hydrogen (secondary N) is 1. The Labute approximate surface area is 119 Å². The molecule has 0 bridgehead atoms. The molecule has 100 valence electrons. The molecule has 2 heteroatoms. The largest absolute Gasteiger partial charge is 0.388 e. The molecule has 0 amide bonds. The smallest absolute Gasteiger partial charge is 0.0761 e. The summed E-state index contributed by atoms with van der Waals surface area (Å²) in [6, 6.07) is 19.0. The zero-order valence-corrected chi connectivity index (χ0v) is 11.9. The molecule has 1 aromatic heterocycles. The zero-order valence-electron chi connectivity index (χ0n) is 11.9. The fourth-order valence-electron chi connectivity index (χ4n) is 2.60. The molecular formula is C18H18N2. The zero-order chi connectivity index (χ0) is 13.9. The maximum atomic E-state index is 4.74. The average Bonchev–Trinajstić information content (AvgIpc) is 2.48. The monoisotopic (exact) mass is 262 g/mol. The summed E-state index contributed by atoms with van der Waals surface area (Å²) in [4.78, 5) is 4.74. The van der Waals surface area contributed by atoms with Crippen molar-refractivity contribution in [3.05, 3.63) is 71.4 Å². The molecule has 0 aliphatic carbocycles. The third-order valence-corrected chi connectivity index (χ3v) is 3.56. The third kappa shape index (κ3) is 2.37. The predicted octanol–water partition coefficient (Wildman–Crippen LogP) is 4.18. The number of rotatable bonds is 3. The number of pyridine rings is 1. The van der Waals surface area contributed by atoms with E-state index >= 15 is 0 Å². The molecule has 1 heterocycles. The van der Waals surface area contributed by atoms with Gasteiger partial charge in [0.1, 0.15) is 0 Å². The van der Waals surface area contributed by atoms with E-state index in [1.54, 1.807) is 0 Å². The van der Waals surface area contributed by atoms with Gasteiger partial charge in [-0.25, -0.2) is 0 Å². The summed E-state index contributed by atoms with van der Waals surface area (Å²) in [5.74, 6) is 0. The fraction of sp³-hybridized carbons (Fsp3) is 0.167. The quantitative estimate of drug-likeness (QED) is 0.766. The number of benzene rings is 2. The first kappa shape index (κ1) is 12.7. The number of aryl methyl sites for hydroxylation is 1. The van der Waals surface area contributed by atoms with Gasteiger partial charge in [0.05, 0.1) is 5.52 Å². The molecule has 3 rings (SSSR count). The molecule has 0 saturated carbocycles. The van der Waals surface area contributed by atoms with Crippen molar-refractivity contribution in [3.8, 4) is 0 Å². The molecule has 0 radical (unpaired) electrons. The molecule has 0 fully saturated rings. The minimum absolute atomic E-state index is 0.914. The first-order chi connectivity index (χ1) is 9.78. The minimum Gasteiger partial charge on any atom is -0.388 e. The molecule has 0 spiro atoms. The van der Waals surface area contributed by atoms with Crippen molar-refractivity contribution in [2.45, 2.75) is 13.3 Å². The Bertz CT molecular complexity index is 733. The fourth-order valence-corrected chi connectivity index (χ4v) is 2.60. The van der Waals surface area contributed by atoms with Crippen LogP contribution in [0.15, 0.2) is 54.6 Å². The highest BCUT2D eigenvalue weighted by molar-refractivity contribution is 5.93. The lowest BCUT2D eigenvalue weighted by molar-refractivity contribution is 1.17. The Morgan fingerprint density at radius 2 is 1.80 bits per heavy atom. The maximum absolute atomic E-state index is 4.74. The van der Waals surface area contributed by atoms with Crippen LogP contribution in [0.5, 0.6) is 0 Å². The van der Waals surface area contributed by atoms with Crippen LogP contribution in [0.3, 0.4) is 0 Å². The number of nitrogens with zero attached hydrogens (tertiary/aromatic N) is 1. The van der Waals surface area contributed by atoms with Crippen LogP contribution in [0, 0.1) is 6.92 Å². The van der Waals surface area contributed by atoms with Crippen molar-refractivity contribution in [1.82, 2.24) is 4.98 Å². The molecule has 3 aromatic rings. The Kier molecular flexibility index (Phi) is 3.38. The molecule has 2 nitrogen and oxygen atoms in total. The first-order valence-electron chi connectivity index (χ1n) is 6.89. The second-order valence-corrected chi connectivity index (χ2v) is 5.04. The summed E-state index contributed by atoms with van der Waals surface area (Å²) in [6.45, 7) is 2.04. The van der Waals surface area contributed by atoms with E-state index in [1.807, 2.05) is 20.0 Å². The van der Waals surface area contributed by atoms with E-state index in [2.05, 4.69) is 53.8 Å². The van der Waals surface area contributed by atoms with E-state index in [1.165, 1.54) is 16.5 Å². The Morgan fingerprint density at radius 1 is 1.00 bits per heavy atom. The summed E-state index contributed by atoms with van der Waals surface area (Å²) in [5.41, 5.74) is 5.87. The number of hydrogen-bond donors (Lipinski definition) is 1. The number of hydrogen-bond acceptors (Lipinski definition) is 2. The van der Waals surface area contributed by atoms with Crippen LogP contribution in [-0.2, 0) is 6.42 Å². The molecule has 0 saturated heterocycles. The van der Waals surface area contributed by atoms with Gasteiger partial charge in [0.15, 0.2) is 0 Å². The van der Waals surface area contributed by atoms with Gasteiger partial charge in [-0.3, -0.25) is 4.98 Å². The van der Waals surface area contributed by atoms with Crippen molar-refractivity contribution in [2.75, 3.05) is 12.4 Å². The topological polar surface area (TPSA) is 24.9 Å². The summed E-state index contributed by atoms with van der Waals surface area (Å²) < 4.78 is 0. The molecule has 0 aliphatic rings. The van der Waals surface area contributed by atoms with E-state index < -0.39 is 0 Å². The van der Waals surface area contributed by atoms with Gasteiger partial charge in [0, 0.05) is 23.8 Å². The van der Waals surface area contributed by atoms with Crippen molar-refractivity contribution >= 4 is 16.6 Å². The van der Waals surface area contributed by atoms with E-state index in [9.17, 15) is 0 Å². The highest BCUT2D eigenvalue weighted by Crippen LogP contribution is 2.26. The number of aromatic nitrogens is 1. The molecule has 20 heavy (non-hydrogen) atoms. The van der Waals surface area contributed by atoms with Crippen molar-refractivity contribution < 1.29 is 0 Å². The third-order valence-electron chi connectivity index (χ3n) is 3.56. The van der Waals surface area contributed by atoms with Crippen LogP contribution < -0.4 is 5.32 Å². The van der Waals surface area contributed by atoms with Gasteiger partial charge in [-0.2, -0.15) is 0 Å². The predicted molar refractivity (Wildman–Crippen MR) is 85.3 cm³/mol. The van der Waals surface area contributed by atoms with Crippen LogP contribution in [0.2, 0.25) is 0 Å². The van der Waals surface area contributed by atoms with Crippen LogP contribution in [0.1, 0.15) is 16.8 Å². The molecule has 0 atom stereocenters. The molecule has 0 aliphatic heterocycles. The van der Waals surface area contributed by atoms with Gasteiger partial charge in [-0.1, -0.05) is 48.5 Å². The van der Waals surface area contributed by atoms with Crippen LogP contribution >= 0.6 is 0 Å². The molecule has 1 N–H and O–H groups in total. The maximum Gasteiger partial charge on any atom is 0.0761 e. The Hall–Kier alpha value is -2.35. The lowest BCUT2D eigenvalue weighted by Crippen LogP contribution is -1.97. The lowest BCUT2D eigenvalue weighted by Gasteiger charge is -2.11. The van der Waals surface area contributed by atoms with Gasteiger partial charge in [-0.15, -0.1) is 0 Å². The average molecular weight is 262 g/mol. The number of anilines is 1. The van der Waals surface area contributed by atoms with Crippen molar-refractivity contribution in [2.24, 2.45) is 0 Å². The minimum atomic E-state index is 0.914. The van der Waals surface area contributed by atoms with Crippen LogP contribution in [-0.4, -0.2) is 12.0 Å². The summed E-state index contributed by atoms with van der Waals surface area (Å²) in [5, 5.41) is 4.45. The normalized spacial score (nSPS) is 10.7. The summed E-state index contributed by atoms with van der Waals surface area (Å²) in [7, 11) is 1.96. The SMILES string of the molecule is CNc1cc(C)nc2c(Cc3ccccc3)cccc12. The van der Waals surface area contributed by atoms with E-state index in [0.717, 1.165) is 23.3 Å². The first-order valence-corrected chi connectivity index (χ1v) is 6.89. The highest BCUT2D eigenvalue weighted by Gasteiger charge is 2.07. The number of para-hydroxylation sites is 1. The second kappa shape index (κ2) is 5.33. The number of fused-ring (bicyclic) bond motifs is 1. The highest BCUT2D eigenvalue weighted by atomic mass is 14.8. The van der Waals surface area contributed by atoms with Crippen LogP contribution in [0.4, 0.5) is 5.69 Å². The van der Waals surface area contributed by atoms with E-state index in [-0.39, 0.29) is 0 Å². The molecule has 2 aromatic carbocycles. The van der Waals surface area contributed by atoms with Gasteiger partial charge in [0.2, 0.25) is 0 Å². The van der Waals surface area contributed by atoms with Gasteiger partial charge in [0.25, 0.3) is 0 Å². The Balaban J connectivity index is 2.14. The summed E-state index contributed by atoms with van der Waals surface area (Å²) in [6.07, 6.45) is 0.914. The lowest BCUT2D eigenvalue weighted by atomic mass is 10.0. The summed E-state index contributed by atoms with van der Waals surface area (Å²) >= 11 is 0.